The first kappa shape index (κ1) is 21.9. The number of thioether (sulfide) groups is 1. The average molecular weight is 443 g/mol. The summed E-state index contributed by atoms with van der Waals surface area (Å²) in [5.41, 5.74) is 1.94. The average Bonchev–Trinajstić information content (AvgIpc) is 3.20. The number of aromatic nitrogens is 1. The zero-order valence-corrected chi connectivity index (χ0v) is 18.3. The lowest BCUT2D eigenvalue weighted by Crippen LogP contribution is -2.15. The third kappa shape index (κ3) is 6.08. The minimum absolute atomic E-state index is 0.0182. The second kappa shape index (κ2) is 10.8. The van der Waals surface area contributed by atoms with Crippen LogP contribution in [0.4, 0.5) is 5.69 Å². The molecule has 8 heteroatoms. The maximum absolute atomic E-state index is 12.4. The topological polar surface area (TPSA) is 77.5 Å². The number of rotatable bonds is 10. The number of anilines is 1. The third-order valence-electron chi connectivity index (χ3n) is 4.07. The van der Waals surface area contributed by atoms with Gasteiger partial charge in [-0.2, -0.15) is 0 Å². The Morgan fingerprint density at radius 2 is 1.90 bits per heavy atom. The number of carbonyl (C=O) groups is 2. The van der Waals surface area contributed by atoms with Gasteiger partial charge in [-0.05, 0) is 43.3 Å². The zero-order chi connectivity index (χ0) is 21.3. The van der Waals surface area contributed by atoms with Gasteiger partial charge in [-0.3, -0.25) is 9.59 Å². The first-order valence-electron chi connectivity index (χ1n) is 9.35. The van der Waals surface area contributed by atoms with Crippen LogP contribution in [0.1, 0.15) is 23.0 Å². The predicted molar refractivity (Wildman–Crippen MR) is 120 cm³/mol. The van der Waals surface area contributed by atoms with E-state index < -0.39 is 0 Å². The molecule has 0 saturated carbocycles. The fourth-order valence-electron chi connectivity index (χ4n) is 2.63. The Bertz CT molecular complexity index is 1000. The predicted octanol–water partition coefficient (Wildman–Crippen LogP) is 4.71. The maximum Gasteiger partial charge on any atom is 0.230 e. The van der Waals surface area contributed by atoms with Crippen molar-refractivity contribution in [2.24, 2.45) is 0 Å². The highest BCUT2D eigenvalue weighted by Crippen LogP contribution is 2.26. The molecule has 156 valence electrons. The number of ketones is 1. The van der Waals surface area contributed by atoms with Crippen LogP contribution < -0.4 is 14.8 Å². The molecule has 0 aliphatic heterocycles. The number of nitrogens with zero attached hydrogens (tertiary/aromatic N) is 1. The van der Waals surface area contributed by atoms with Gasteiger partial charge in [0.2, 0.25) is 5.91 Å². The van der Waals surface area contributed by atoms with Gasteiger partial charge in [-0.1, -0.05) is 23.9 Å². The molecule has 0 bridgehead atoms. The van der Waals surface area contributed by atoms with Gasteiger partial charge in [-0.25, -0.2) is 4.98 Å². The summed E-state index contributed by atoms with van der Waals surface area (Å²) in [6.07, 6.45) is 0.157. The quantitative estimate of drug-likeness (QED) is 0.362. The fraction of sp³-hybridized carbons (Fsp3) is 0.227. The summed E-state index contributed by atoms with van der Waals surface area (Å²) >= 11 is 2.80. The van der Waals surface area contributed by atoms with Gasteiger partial charge in [0, 0.05) is 10.9 Å². The third-order valence-corrected chi connectivity index (χ3v) is 6.14. The van der Waals surface area contributed by atoms with Crippen LogP contribution in [-0.4, -0.2) is 36.1 Å². The van der Waals surface area contributed by atoms with E-state index in [0.717, 1.165) is 4.34 Å². The SMILES string of the molecule is CCOc1ccccc1NC(=O)Cc1csc(SCC(=O)c2ccc(OC)cc2)n1. The van der Waals surface area contributed by atoms with Crippen molar-refractivity contribution < 1.29 is 19.1 Å². The number of thiazole rings is 1. The zero-order valence-electron chi connectivity index (χ0n) is 16.7. The van der Waals surface area contributed by atoms with Crippen LogP contribution >= 0.6 is 23.1 Å². The molecule has 0 radical (unpaired) electrons. The van der Waals surface area contributed by atoms with Crippen LogP contribution in [0, 0.1) is 0 Å². The lowest BCUT2D eigenvalue weighted by molar-refractivity contribution is -0.115. The molecule has 2 aromatic carbocycles. The van der Waals surface area contributed by atoms with Gasteiger partial charge < -0.3 is 14.8 Å². The molecule has 0 atom stereocenters. The van der Waals surface area contributed by atoms with Crippen molar-refractivity contribution in [3.63, 3.8) is 0 Å². The lowest BCUT2D eigenvalue weighted by atomic mass is 10.1. The van der Waals surface area contributed by atoms with Crippen molar-refractivity contribution in [3.05, 3.63) is 65.2 Å². The molecule has 1 aromatic heterocycles. The Kier molecular flexibility index (Phi) is 7.87. The van der Waals surface area contributed by atoms with Crippen LogP contribution in [0.3, 0.4) is 0 Å². The maximum atomic E-state index is 12.4. The molecule has 3 aromatic rings. The normalized spacial score (nSPS) is 10.5. The van der Waals surface area contributed by atoms with E-state index in [4.69, 9.17) is 9.47 Å². The number of nitrogens with one attached hydrogen (secondary N) is 1. The van der Waals surface area contributed by atoms with Crippen molar-refractivity contribution in [2.45, 2.75) is 17.7 Å². The molecule has 0 unspecified atom stereocenters. The minimum Gasteiger partial charge on any atom is -0.497 e. The van der Waals surface area contributed by atoms with Gasteiger partial charge in [0.1, 0.15) is 11.5 Å². The Labute approximate surface area is 183 Å². The number of benzene rings is 2. The van der Waals surface area contributed by atoms with Crippen molar-refractivity contribution in [3.8, 4) is 11.5 Å². The Morgan fingerprint density at radius 3 is 2.63 bits per heavy atom. The lowest BCUT2D eigenvalue weighted by Gasteiger charge is -2.10. The molecule has 1 N–H and O–H groups in total. The molecule has 0 aliphatic rings. The Morgan fingerprint density at radius 1 is 1.13 bits per heavy atom. The fourth-order valence-corrected chi connectivity index (χ4v) is 4.37. The first-order valence-corrected chi connectivity index (χ1v) is 11.2. The van der Waals surface area contributed by atoms with Gasteiger partial charge in [0.05, 0.1) is 37.3 Å². The second-order valence-corrected chi connectivity index (χ2v) is 8.28. The van der Waals surface area contributed by atoms with Crippen LogP contribution in [0.25, 0.3) is 0 Å². The number of carbonyl (C=O) groups excluding carboxylic acids is 2. The van der Waals surface area contributed by atoms with E-state index >= 15 is 0 Å². The largest absolute Gasteiger partial charge is 0.497 e. The summed E-state index contributed by atoms with van der Waals surface area (Å²) < 4.78 is 11.4. The van der Waals surface area contributed by atoms with Crippen LogP contribution in [0.15, 0.2) is 58.3 Å². The van der Waals surface area contributed by atoms with E-state index in [2.05, 4.69) is 10.3 Å². The summed E-state index contributed by atoms with van der Waals surface area (Å²) in [6, 6.07) is 14.3. The molecule has 1 amide bonds. The molecule has 0 aliphatic carbocycles. The summed E-state index contributed by atoms with van der Waals surface area (Å²) in [5, 5.41) is 4.71. The van der Waals surface area contributed by atoms with Crippen LogP contribution in [-0.2, 0) is 11.2 Å². The standard InChI is InChI=1S/C22H22N2O4S2/c1-3-28-20-7-5-4-6-18(20)24-21(26)12-16-13-29-22(23-16)30-14-19(25)15-8-10-17(27-2)11-9-15/h4-11,13H,3,12,14H2,1-2H3,(H,24,26). The van der Waals surface area contributed by atoms with Crippen molar-refractivity contribution >= 4 is 40.5 Å². The van der Waals surface area contributed by atoms with E-state index in [1.54, 1.807) is 37.4 Å². The summed E-state index contributed by atoms with van der Waals surface area (Å²) in [7, 11) is 1.59. The molecule has 30 heavy (non-hydrogen) atoms. The van der Waals surface area contributed by atoms with E-state index in [0.29, 0.717) is 35.1 Å². The number of Topliss-reactive ketones (excluding diaryl/α,β-unsaturated/α-hetero) is 1. The van der Waals surface area contributed by atoms with Gasteiger partial charge in [0.15, 0.2) is 10.1 Å². The molecule has 0 fully saturated rings. The van der Waals surface area contributed by atoms with Crippen LogP contribution in [0.5, 0.6) is 11.5 Å². The highest BCUT2D eigenvalue weighted by molar-refractivity contribution is 8.01. The molecular formula is C22H22N2O4S2. The molecule has 6 nitrogen and oxygen atoms in total. The molecule has 0 spiro atoms. The number of hydrogen-bond acceptors (Lipinski definition) is 7. The summed E-state index contributed by atoms with van der Waals surface area (Å²) in [5.74, 6) is 1.49. The van der Waals surface area contributed by atoms with Crippen molar-refractivity contribution in [1.29, 1.82) is 0 Å². The highest BCUT2D eigenvalue weighted by Gasteiger charge is 2.13. The molecule has 0 saturated heterocycles. The summed E-state index contributed by atoms with van der Waals surface area (Å²) in [4.78, 5) is 29.2. The molecule has 3 rings (SSSR count). The minimum atomic E-state index is -0.168. The van der Waals surface area contributed by atoms with E-state index in [1.807, 2.05) is 30.5 Å². The van der Waals surface area contributed by atoms with E-state index in [9.17, 15) is 9.59 Å². The number of ether oxygens (including phenoxy) is 2. The van der Waals surface area contributed by atoms with Gasteiger partial charge in [0.25, 0.3) is 0 Å². The number of methoxy groups -OCH3 is 1. The number of amides is 1. The van der Waals surface area contributed by atoms with Crippen molar-refractivity contribution in [1.82, 2.24) is 4.98 Å². The second-order valence-electron chi connectivity index (χ2n) is 6.20. The van der Waals surface area contributed by atoms with E-state index in [-0.39, 0.29) is 23.9 Å². The van der Waals surface area contributed by atoms with Crippen molar-refractivity contribution in [2.75, 3.05) is 24.8 Å². The Balaban J connectivity index is 1.52. The van der Waals surface area contributed by atoms with E-state index in [1.165, 1.54) is 23.1 Å². The first-order chi connectivity index (χ1) is 14.6. The molecular weight excluding hydrogens is 420 g/mol. The van der Waals surface area contributed by atoms with Gasteiger partial charge >= 0.3 is 0 Å². The number of para-hydroxylation sites is 2. The Hall–Kier alpha value is -2.84. The smallest absolute Gasteiger partial charge is 0.230 e. The van der Waals surface area contributed by atoms with Crippen LogP contribution in [0.2, 0.25) is 0 Å². The molecule has 1 heterocycles. The monoisotopic (exact) mass is 442 g/mol. The summed E-state index contributed by atoms with van der Waals surface area (Å²) in [6.45, 7) is 2.42. The van der Waals surface area contributed by atoms with Gasteiger partial charge in [-0.15, -0.1) is 11.3 Å². The number of hydrogen-bond donors (Lipinski definition) is 1. The highest BCUT2D eigenvalue weighted by atomic mass is 32.2.